The molecule has 0 spiro atoms. The van der Waals surface area contributed by atoms with Gasteiger partial charge in [0.2, 0.25) is 5.91 Å². The van der Waals surface area contributed by atoms with Gasteiger partial charge in [-0.1, -0.05) is 17.9 Å². The van der Waals surface area contributed by atoms with E-state index in [4.69, 9.17) is 10.5 Å². The fraction of sp³-hybridized carbons (Fsp3) is 0.471. The van der Waals surface area contributed by atoms with Gasteiger partial charge in [0, 0.05) is 24.3 Å². The monoisotopic (exact) mass is 286 g/mol. The summed E-state index contributed by atoms with van der Waals surface area (Å²) in [7, 11) is 0. The van der Waals surface area contributed by atoms with Gasteiger partial charge in [0.15, 0.2) is 0 Å². The Balaban J connectivity index is 1.80. The number of carbonyl (C=O) groups excluding carboxylic acids is 1. The van der Waals surface area contributed by atoms with Crippen LogP contribution >= 0.6 is 0 Å². The lowest BCUT2D eigenvalue weighted by Gasteiger charge is -2.34. The summed E-state index contributed by atoms with van der Waals surface area (Å²) >= 11 is 0. The zero-order chi connectivity index (χ0) is 15.1. The molecule has 2 rings (SSSR count). The molecular weight excluding hydrogens is 264 g/mol. The van der Waals surface area contributed by atoms with Gasteiger partial charge in [0.1, 0.15) is 0 Å². The zero-order valence-corrected chi connectivity index (χ0v) is 12.4. The summed E-state index contributed by atoms with van der Waals surface area (Å²) < 4.78 is 5.50. The van der Waals surface area contributed by atoms with Crippen LogP contribution in [0, 0.1) is 17.8 Å². The van der Waals surface area contributed by atoms with Crippen molar-refractivity contribution >= 4 is 11.6 Å². The van der Waals surface area contributed by atoms with Crippen molar-refractivity contribution in [2.45, 2.75) is 32.3 Å². The van der Waals surface area contributed by atoms with Gasteiger partial charge in [-0.05, 0) is 43.9 Å². The van der Waals surface area contributed by atoms with Gasteiger partial charge in [-0.25, -0.2) is 0 Å². The molecule has 1 aromatic rings. The molecule has 4 nitrogen and oxygen atoms in total. The molecule has 0 unspecified atom stereocenters. The predicted octanol–water partition coefficient (Wildman–Crippen LogP) is 2.14. The maximum absolute atomic E-state index is 12.0. The van der Waals surface area contributed by atoms with Gasteiger partial charge in [-0.3, -0.25) is 4.79 Å². The van der Waals surface area contributed by atoms with E-state index in [1.807, 2.05) is 31.2 Å². The summed E-state index contributed by atoms with van der Waals surface area (Å²) in [6.45, 7) is 3.08. The molecule has 0 saturated heterocycles. The number of benzene rings is 1. The Hall–Kier alpha value is -1.83. The van der Waals surface area contributed by atoms with Crippen LogP contribution in [0.4, 0.5) is 5.69 Å². The second kappa shape index (κ2) is 7.82. The van der Waals surface area contributed by atoms with Crippen molar-refractivity contribution in [1.29, 1.82) is 0 Å². The Morgan fingerprint density at radius 3 is 3.00 bits per heavy atom. The molecule has 0 heterocycles. The van der Waals surface area contributed by atoms with Crippen molar-refractivity contribution in [3.63, 3.8) is 0 Å². The van der Waals surface area contributed by atoms with Crippen LogP contribution in [0.5, 0.6) is 0 Å². The smallest absolute Gasteiger partial charge is 0.224 e. The van der Waals surface area contributed by atoms with E-state index in [0.29, 0.717) is 25.0 Å². The summed E-state index contributed by atoms with van der Waals surface area (Å²) in [6.07, 6.45) is 2.89. The van der Waals surface area contributed by atoms with Gasteiger partial charge < -0.3 is 15.8 Å². The van der Waals surface area contributed by atoms with Crippen LogP contribution in [-0.2, 0) is 9.53 Å². The SMILES string of the molecule is CCOC1CC(CC(=O)Nc2cccc(C#CCN)c2)C1. The summed E-state index contributed by atoms with van der Waals surface area (Å²) in [5, 5.41) is 2.93. The maximum Gasteiger partial charge on any atom is 0.224 e. The number of hydrogen-bond donors (Lipinski definition) is 2. The number of nitrogens with one attached hydrogen (secondary N) is 1. The molecule has 21 heavy (non-hydrogen) atoms. The second-order valence-corrected chi connectivity index (χ2v) is 5.25. The Labute approximate surface area is 126 Å². The lowest BCUT2D eigenvalue weighted by Crippen LogP contribution is -2.33. The van der Waals surface area contributed by atoms with Crippen molar-refractivity contribution in [3.8, 4) is 11.8 Å². The van der Waals surface area contributed by atoms with E-state index in [-0.39, 0.29) is 5.91 Å². The van der Waals surface area contributed by atoms with Crippen molar-refractivity contribution in [3.05, 3.63) is 29.8 Å². The molecule has 1 aromatic carbocycles. The normalized spacial score (nSPS) is 20.1. The molecule has 1 amide bonds. The molecule has 1 aliphatic rings. The molecule has 0 aliphatic heterocycles. The maximum atomic E-state index is 12.0. The Morgan fingerprint density at radius 1 is 1.48 bits per heavy atom. The van der Waals surface area contributed by atoms with E-state index in [1.165, 1.54) is 0 Å². The van der Waals surface area contributed by atoms with E-state index in [9.17, 15) is 4.79 Å². The van der Waals surface area contributed by atoms with E-state index in [1.54, 1.807) is 0 Å². The van der Waals surface area contributed by atoms with Gasteiger partial charge in [0.25, 0.3) is 0 Å². The van der Waals surface area contributed by atoms with Crippen LogP contribution in [0.15, 0.2) is 24.3 Å². The zero-order valence-electron chi connectivity index (χ0n) is 12.4. The quantitative estimate of drug-likeness (QED) is 0.815. The van der Waals surface area contributed by atoms with Gasteiger partial charge in [-0.15, -0.1) is 0 Å². The molecule has 0 radical (unpaired) electrons. The summed E-state index contributed by atoms with van der Waals surface area (Å²) in [5.41, 5.74) is 6.99. The molecule has 1 aliphatic carbocycles. The highest BCUT2D eigenvalue weighted by Gasteiger charge is 2.30. The Kier molecular flexibility index (Phi) is 5.79. The first kappa shape index (κ1) is 15.6. The molecular formula is C17H22N2O2. The number of anilines is 1. The van der Waals surface area contributed by atoms with Crippen LogP contribution in [-0.4, -0.2) is 25.2 Å². The molecule has 1 fully saturated rings. The van der Waals surface area contributed by atoms with E-state index < -0.39 is 0 Å². The van der Waals surface area contributed by atoms with Crippen molar-refractivity contribution < 1.29 is 9.53 Å². The van der Waals surface area contributed by atoms with E-state index in [0.717, 1.165) is 30.7 Å². The highest BCUT2D eigenvalue weighted by Crippen LogP contribution is 2.32. The minimum atomic E-state index is 0.0545. The average Bonchev–Trinajstić information content (AvgIpc) is 2.43. The van der Waals surface area contributed by atoms with Gasteiger partial charge in [-0.2, -0.15) is 0 Å². The number of carbonyl (C=O) groups is 1. The van der Waals surface area contributed by atoms with E-state index >= 15 is 0 Å². The first-order chi connectivity index (χ1) is 10.2. The number of hydrogen-bond acceptors (Lipinski definition) is 3. The lowest BCUT2D eigenvalue weighted by atomic mass is 9.80. The van der Waals surface area contributed by atoms with E-state index in [2.05, 4.69) is 17.2 Å². The standard InChI is InChI=1S/C17H22N2O2/c1-2-21-16-10-14(11-16)12-17(20)19-15-7-3-5-13(9-15)6-4-8-18/h3,5,7,9,14,16H,2,8,10-12,18H2,1H3,(H,19,20). The molecule has 4 heteroatoms. The highest BCUT2D eigenvalue weighted by molar-refractivity contribution is 5.91. The van der Waals surface area contributed by atoms with Crippen LogP contribution in [0.25, 0.3) is 0 Å². The van der Waals surface area contributed by atoms with Crippen molar-refractivity contribution in [2.24, 2.45) is 11.7 Å². The van der Waals surface area contributed by atoms with Crippen LogP contribution < -0.4 is 11.1 Å². The molecule has 0 aromatic heterocycles. The van der Waals surface area contributed by atoms with Crippen LogP contribution in [0.2, 0.25) is 0 Å². The number of ether oxygens (including phenoxy) is 1. The third-order valence-electron chi connectivity index (χ3n) is 3.55. The van der Waals surface area contributed by atoms with Crippen molar-refractivity contribution in [2.75, 3.05) is 18.5 Å². The molecule has 0 atom stereocenters. The summed E-state index contributed by atoms with van der Waals surface area (Å²) in [6, 6.07) is 7.52. The lowest BCUT2D eigenvalue weighted by molar-refractivity contribution is -0.119. The fourth-order valence-electron chi connectivity index (χ4n) is 2.51. The molecule has 3 N–H and O–H groups in total. The van der Waals surface area contributed by atoms with Gasteiger partial charge in [0.05, 0.1) is 12.6 Å². The second-order valence-electron chi connectivity index (χ2n) is 5.25. The van der Waals surface area contributed by atoms with Crippen molar-refractivity contribution in [1.82, 2.24) is 0 Å². The summed E-state index contributed by atoms with van der Waals surface area (Å²) in [5.74, 6) is 6.26. The highest BCUT2D eigenvalue weighted by atomic mass is 16.5. The predicted molar refractivity (Wildman–Crippen MR) is 83.8 cm³/mol. The minimum absolute atomic E-state index is 0.0545. The fourth-order valence-corrected chi connectivity index (χ4v) is 2.51. The Morgan fingerprint density at radius 2 is 2.29 bits per heavy atom. The number of nitrogens with two attached hydrogens (primary N) is 1. The Bertz CT molecular complexity index is 539. The van der Waals surface area contributed by atoms with Gasteiger partial charge >= 0.3 is 0 Å². The number of rotatable bonds is 5. The first-order valence-electron chi connectivity index (χ1n) is 7.41. The topological polar surface area (TPSA) is 64.3 Å². The first-order valence-corrected chi connectivity index (χ1v) is 7.41. The van der Waals surface area contributed by atoms with Crippen LogP contribution in [0.1, 0.15) is 31.7 Å². The third kappa shape index (κ3) is 4.89. The average molecular weight is 286 g/mol. The molecule has 0 bridgehead atoms. The molecule has 1 saturated carbocycles. The summed E-state index contributed by atoms with van der Waals surface area (Å²) in [4.78, 5) is 12.0. The third-order valence-corrected chi connectivity index (χ3v) is 3.55. The number of amides is 1. The minimum Gasteiger partial charge on any atom is -0.378 e. The largest absolute Gasteiger partial charge is 0.378 e. The molecule has 112 valence electrons. The van der Waals surface area contributed by atoms with Crippen LogP contribution in [0.3, 0.4) is 0 Å².